The molecule has 0 unspecified atom stereocenters. The normalized spacial score (nSPS) is 10.3. The molecule has 13 heavy (non-hydrogen) atoms. The van der Waals surface area contributed by atoms with Crippen LogP contribution in [0.5, 0.6) is 0 Å². The van der Waals surface area contributed by atoms with Crippen molar-refractivity contribution < 1.29 is 0 Å². The van der Waals surface area contributed by atoms with E-state index in [0.717, 1.165) is 0 Å². The van der Waals surface area contributed by atoms with Crippen molar-refractivity contribution in [3.8, 4) is 5.69 Å². The van der Waals surface area contributed by atoms with Crippen molar-refractivity contribution >= 4 is 0 Å². The van der Waals surface area contributed by atoms with Gasteiger partial charge in [0.05, 0.1) is 0 Å². The second-order valence-corrected chi connectivity index (χ2v) is 3.29. The van der Waals surface area contributed by atoms with E-state index in [4.69, 9.17) is 0 Å². The molecule has 1 aromatic heterocycles. The van der Waals surface area contributed by atoms with E-state index in [1.165, 1.54) is 16.9 Å². The first kappa shape index (κ1) is 8.11. The van der Waals surface area contributed by atoms with E-state index >= 15 is 0 Å². The van der Waals surface area contributed by atoms with E-state index in [1.807, 2.05) is 6.07 Å². The molecular weight excluding hydrogens is 158 g/mol. The molecule has 66 valence electrons. The van der Waals surface area contributed by atoms with Gasteiger partial charge in [0.15, 0.2) is 0 Å². The fourth-order valence-corrected chi connectivity index (χ4v) is 1.48. The first-order chi connectivity index (χ1) is 6.29. The Morgan fingerprint density at radius 3 is 2.15 bits per heavy atom. The lowest BCUT2D eigenvalue weighted by Gasteiger charge is -2.05. The van der Waals surface area contributed by atoms with Gasteiger partial charge in [-0.2, -0.15) is 0 Å². The van der Waals surface area contributed by atoms with Gasteiger partial charge in [0.2, 0.25) is 0 Å². The number of benzene rings is 1. The van der Waals surface area contributed by atoms with Crippen LogP contribution in [0.2, 0.25) is 0 Å². The molecular formula is C12H13N. The monoisotopic (exact) mass is 171 g/mol. The molecule has 0 radical (unpaired) electrons. The quantitative estimate of drug-likeness (QED) is 0.621. The third-order valence-electron chi connectivity index (χ3n) is 2.44. The predicted octanol–water partition coefficient (Wildman–Crippen LogP) is 3.09. The molecule has 0 saturated carbocycles. The van der Waals surface area contributed by atoms with Crippen molar-refractivity contribution in [2.24, 2.45) is 0 Å². The van der Waals surface area contributed by atoms with Crippen molar-refractivity contribution in [3.05, 3.63) is 53.9 Å². The molecule has 0 aliphatic rings. The predicted molar refractivity (Wildman–Crippen MR) is 55.2 cm³/mol. The van der Waals surface area contributed by atoms with Gasteiger partial charge in [0, 0.05) is 17.6 Å². The molecule has 1 heteroatoms. The Labute approximate surface area is 78.6 Å². The SMILES string of the molecule is Cc1ccn(-c2ccccc2)c1C. The Balaban J connectivity index is 2.53. The molecule has 0 fully saturated rings. The summed E-state index contributed by atoms with van der Waals surface area (Å²) in [6.07, 6.45) is 2.11. The molecule has 0 amide bonds. The van der Waals surface area contributed by atoms with E-state index < -0.39 is 0 Å². The van der Waals surface area contributed by atoms with Gasteiger partial charge in [-0.1, -0.05) is 18.2 Å². The molecule has 0 aliphatic carbocycles. The van der Waals surface area contributed by atoms with Crippen LogP contribution in [0.25, 0.3) is 5.69 Å². The molecule has 0 atom stereocenters. The fraction of sp³-hybridized carbons (Fsp3) is 0.167. The van der Waals surface area contributed by atoms with Crippen molar-refractivity contribution in [3.63, 3.8) is 0 Å². The van der Waals surface area contributed by atoms with E-state index in [1.54, 1.807) is 0 Å². The Kier molecular flexibility index (Phi) is 1.93. The zero-order chi connectivity index (χ0) is 9.26. The molecule has 1 heterocycles. The van der Waals surface area contributed by atoms with E-state index in [9.17, 15) is 0 Å². The summed E-state index contributed by atoms with van der Waals surface area (Å²) in [6.45, 7) is 4.27. The van der Waals surface area contributed by atoms with Crippen LogP contribution < -0.4 is 0 Å². The first-order valence-corrected chi connectivity index (χ1v) is 4.49. The summed E-state index contributed by atoms with van der Waals surface area (Å²) in [5, 5.41) is 0. The number of rotatable bonds is 1. The Bertz CT molecular complexity index is 398. The third kappa shape index (κ3) is 1.37. The number of para-hydroxylation sites is 1. The summed E-state index contributed by atoms with van der Waals surface area (Å²) in [6, 6.07) is 12.5. The second-order valence-electron chi connectivity index (χ2n) is 3.29. The smallest absolute Gasteiger partial charge is 0.0452 e. The molecule has 2 rings (SSSR count). The summed E-state index contributed by atoms with van der Waals surface area (Å²) in [4.78, 5) is 0. The molecule has 0 bridgehead atoms. The van der Waals surface area contributed by atoms with Crippen LogP contribution in [-0.4, -0.2) is 4.57 Å². The highest BCUT2D eigenvalue weighted by molar-refractivity contribution is 5.36. The number of hydrogen-bond donors (Lipinski definition) is 0. The van der Waals surface area contributed by atoms with Gasteiger partial charge in [0.1, 0.15) is 0 Å². The summed E-state index contributed by atoms with van der Waals surface area (Å²) >= 11 is 0. The highest BCUT2D eigenvalue weighted by Crippen LogP contribution is 2.14. The summed E-state index contributed by atoms with van der Waals surface area (Å²) in [5.41, 5.74) is 3.88. The van der Waals surface area contributed by atoms with Gasteiger partial charge in [-0.25, -0.2) is 0 Å². The number of aromatic nitrogens is 1. The molecule has 0 saturated heterocycles. The minimum absolute atomic E-state index is 1.23. The highest BCUT2D eigenvalue weighted by atomic mass is 15.0. The summed E-state index contributed by atoms with van der Waals surface area (Å²) in [5.74, 6) is 0. The maximum Gasteiger partial charge on any atom is 0.0452 e. The molecule has 1 nitrogen and oxygen atoms in total. The van der Waals surface area contributed by atoms with Crippen LogP contribution in [0.3, 0.4) is 0 Å². The zero-order valence-electron chi connectivity index (χ0n) is 7.99. The first-order valence-electron chi connectivity index (χ1n) is 4.49. The van der Waals surface area contributed by atoms with Crippen LogP contribution in [0.1, 0.15) is 11.3 Å². The summed E-state index contributed by atoms with van der Waals surface area (Å²) in [7, 11) is 0. The van der Waals surface area contributed by atoms with Crippen molar-refractivity contribution in [2.75, 3.05) is 0 Å². The van der Waals surface area contributed by atoms with Crippen LogP contribution in [-0.2, 0) is 0 Å². The maximum atomic E-state index is 2.20. The van der Waals surface area contributed by atoms with Crippen molar-refractivity contribution in [1.82, 2.24) is 4.57 Å². The second kappa shape index (κ2) is 3.09. The number of hydrogen-bond acceptors (Lipinski definition) is 0. The third-order valence-corrected chi connectivity index (χ3v) is 2.44. The van der Waals surface area contributed by atoms with E-state index in [-0.39, 0.29) is 0 Å². The van der Waals surface area contributed by atoms with Crippen LogP contribution >= 0.6 is 0 Å². The highest BCUT2D eigenvalue weighted by Gasteiger charge is 2.00. The minimum Gasteiger partial charge on any atom is -0.321 e. The van der Waals surface area contributed by atoms with E-state index in [2.05, 4.69) is 54.9 Å². The molecule has 0 aliphatic heterocycles. The topological polar surface area (TPSA) is 4.93 Å². The standard InChI is InChI=1S/C12H13N/c1-10-8-9-13(11(10)2)12-6-4-3-5-7-12/h3-9H,1-2H3. The number of aryl methyl sites for hydroxylation is 1. The van der Waals surface area contributed by atoms with Gasteiger partial charge in [-0.05, 0) is 37.6 Å². The van der Waals surface area contributed by atoms with Crippen LogP contribution in [0.15, 0.2) is 42.6 Å². The lowest BCUT2D eigenvalue weighted by molar-refractivity contribution is 1.01. The van der Waals surface area contributed by atoms with Crippen LogP contribution in [0.4, 0.5) is 0 Å². The lowest BCUT2D eigenvalue weighted by atomic mass is 10.3. The number of nitrogens with zero attached hydrogens (tertiary/aromatic N) is 1. The average molecular weight is 171 g/mol. The Hall–Kier alpha value is -1.50. The zero-order valence-corrected chi connectivity index (χ0v) is 7.99. The van der Waals surface area contributed by atoms with Crippen LogP contribution in [0, 0.1) is 13.8 Å². The molecule has 0 N–H and O–H groups in total. The van der Waals surface area contributed by atoms with Crippen molar-refractivity contribution in [2.45, 2.75) is 13.8 Å². The molecule has 0 spiro atoms. The molecule has 2 aromatic rings. The van der Waals surface area contributed by atoms with E-state index in [0.29, 0.717) is 0 Å². The van der Waals surface area contributed by atoms with Gasteiger partial charge in [-0.3, -0.25) is 0 Å². The Morgan fingerprint density at radius 1 is 0.923 bits per heavy atom. The maximum absolute atomic E-state index is 2.20. The largest absolute Gasteiger partial charge is 0.321 e. The van der Waals surface area contributed by atoms with Crippen molar-refractivity contribution in [1.29, 1.82) is 0 Å². The Morgan fingerprint density at radius 2 is 1.62 bits per heavy atom. The van der Waals surface area contributed by atoms with Gasteiger partial charge in [0.25, 0.3) is 0 Å². The lowest BCUT2D eigenvalue weighted by Crippen LogP contribution is -1.94. The van der Waals surface area contributed by atoms with Gasteiger partial charge >= 0.3 is 0 Å². The average Bonchev–Trinajstić information content (AvgIpc) is 2.49. The fourth-order valence-electron chi connectivity index (χ4n) is 1.48. The summed E-state index contributed by atoms with van der Waals surface area (Å²) < 4.78 is 2.20. The van der Waals surface area contributed by atoms with Gasteiger partial charge < -0.3 is 4.57 Å². The molecule has 1 aromatic carbocycles. The minimum atomic E-state index is 1.23. The van der Waals surface area contributed by atoms with Gasteiger partial charge in [-0.15, -0.1) is 0 Å².